The van der Waals surface area contributed by atoms with Crippen molar-refractivity contribution in [2.24, 2.45) is 11.8 Å². The maximum Gasteiger partial charge on any atom is 0.257 e. The Morgan fingerprint density at radius 3 is 2.65 bits per heavy atom. The quantitative estimate of drug-likeness (QED) is 0.828. The third-order valence-corrected chi connectivity index (χ3v) is 5.82. The van der Waals surface area contributed by atoms with Crippen LogP contribution in [-0.2, 0) is 4.79 Å². The first-order chi connectivity index (χ1) is 12.5. The Labute approximate surface area is 158 Å². The number of carbonyl (C=O) groups is 2. The lowest BCUT2D eigenvalue weighted by Crippen LogP contribution is -2.43. The number of amides is 2. The lowest BCUT2D eigenvalue weighted by Gasteiger charge is -2.32. The van der Waals surface area contributed by atoms with Gasteiger partial charge < -0.3 is 14.6 Å². The largest absolute Gasteiger partial charge is 0.472 e. The van der Waals surface area contributed by atoms with Crippen molar-refractivity contribution in [3.05, 3.63) is 46.5 Å². The van der Waals surface area contributed by atoms with Crippen LogP contribution >= 0.6 is 11.3 Å². The van der Waals surface area contributed by atoms with Gasteiger partial charge in [0.05, 0.1) is 17.9 Å². The van der Waals surface area contributed by atoms with Crippen molar-refractivity contribution in [1.82, 2.24) is 10.2 Å². The summed E-state index contributed by atoms with van der Waals surface area (Å²) in [6.45, 7) is 5.56. The Kier molecular flexibility index (Phi) is 6.14. The van der Waals surface area contributed by atoms with Crippen molar-refractivity contribution >= 4 is 23.2 Å². The van der Waals surface area contributed by atoms with Crippen LogP contribution in [0.5, 0.6) is 0 Å². The highest BCUT2D eigenvalue weighted by atomic mass is 32.1. The standard InChI is InChI=1S/C20H26N2O3S/c1-14(2)12-17(18-4-3-11-26-18)21-19(23)15-5-8-22(9-6-15)20(24)16-7-10-25-13-16/h3-4,7,10-11,13-15,17H,5-6,8-9,12H2,1-2H3,(H,21,23)/t17-/m0/s1. The van der Waals surface area contributed by atoms with Gasteiger partial charge in [-0.25, -0.2) is 0 Å². The molecule has 26 heavy (non-hydrogen) atoms. The van der Waals surface area contributed by atoms with Crippen LogP contribution in [0.25, 0.3) is 0 Å². The van der Waals surface area contributed by atoms with Crippen molar-refractivity contribution in [2.75, 3.05) is 13.1 Å². The second-order valence-corrected chi connectivity index (χ2v) is 8.26. The van der Waals surface area contributed by atoms with E-state index < -0.39 is 0 Å². The van der Waals surface area contributed by atoms with Gasteiger partial charge in [0.1, 0.15) is 6.26 Å². The zero-order valence-corrected chi connectivity index (χ0v) is 16.1. The summed E-state index contributed by atoms with van der Waals surface area (Å²) in [5.74, 6) is 0.572. The molecule has 0 unspecified atom stereocenters. The minimum absolute atomic E-state index is 0.0196. The van der Waals surface area contributed by atoms with Gasteiger partial charge in [-0.1, -0.05) is 19.9 Å². The summed E-state index contributed by atoms with van der Waals surface area (Å²) in [5, 5.41) is 5.30. The Balaban J connectivity index is 1.55. The fourth-order valence-electron chi connectivity index (χ4n) is 3.41. The van der Waals surface area contributed by atoms with Crippen LogP contribution in [0.3, 0.4) is 0 Å². The third kappa shape index (κ3) is 4.55. The summed E-state index contributed by atoms with van der Waals surface area (Å²) in [4.78, 5) is 28.1. The van der Waals surface area contributed by atoms with Crippen molar-refractivity contribution in [3.8, 4) is 0 Å². The zero-order chi connectivity index (χ0) is 18.5. The number of rotatable bonds is 6. The van der Waals surface area contributed by atoms with Crippen molar-refractivity contribution in [2.45, 2.75) is 39.2 Å². The molecule has 1 saturated heterocycles. The predicted octanol–water partition coefficient (Wildman–Crippen LogP) is 4.10. The highest BCUT2D eigenvalue weighted by Gasteiger charge is 2.29. The minimum Gasteiger partial charge on any atom is -0.472 e. The first kappa shape index (κ1) is 18.7. The molecule has 0 radical (unpaired) electrons. The second kappa shape index (κ2) is 8.54. The van der Waals surface area contributed by atoms with Gasteiger partial charge in [-0.2, -0.15) is 0 Å². The number of hydrogen-bond donors (Lipinski definition) is 1. The number of carbonyl (C=O) groups excluding carboxylic acids is 2. The van der Waals surface area contributed by atoms with Crippen LogP contribution in [-0.4, -0.2) is 29.8 Å². The van der Waals surface area contributed by atoms with Crippen LogP contribution in [0.15, 0.2) is 40.5 Å². The maximum absolute atomic E-state index is 12.8. The smallest absolute Gasteiger partial charge is 0.257 e. The van der Waals surface area contributed by atoms with E-state index in [0.29, 0.717) is 37.4 Å². The molecule has 1 aliphatic rings. The number of nitrogens with zero attached hydrogens (tertiary/aromatic N) is 1. The lowest BCUT2D eigenvalue weighted by atomic mass is 9.94. The maximum atomic E-state index is 12.8. The van der Waals surface area contributed by atoms with E-state index in [1.54, 1.807) is 22.3 Å². The zero-order valence-electron chi connectivity index (χ0n) is 15.3. The normalized spacial score (nSPS) is 16.7. The minimum atomic E-state index is -0.0296. The van der Waals surface area contributed by atoms with Gasteiger partial charge in [0.25, 0.3) is 5.91 Å². The molecule has 2 aromatic rings. The van der Waals surface area contributed by atoms with Crippen LogP contribution in [0.1, 0.15) is 54.4 Å². The SMILES string of the molecule is CC(C)C[C@H](NC(=O)C1CCN(C(=O)c2ccoc2)CC1)c1cccs1. The molecule has 1 atom stereocenters. The fraction of sp³-hybridized carbons (Fsp3) is 0.500. The van der Waals surface area contributed by atoms with Crippen LogP contribution in [0.2, 0.25) is 0 Å². The number of thiophene rings is 1. The van der Waals surface area contributed by atoms with E-state index in [1.807, 2.05) is 6.07 Å². The molecule has 0 spiro atoms. The molecule has 0 bridgehead atoms. The highest BCUT2D eigenvalue weighted by molar-refractivity contribution is 7.10. The van der Waals surface area contributed by atoms with Crippen LogP contribution in [0, 0.1) is 11.8 Å². The van der Waals surface area contributed by atoms with Crippen molar-refractivity contribution in [1.29, 1.82) is 0 Å². The number of piperidine rings is 1. The average molecular weight is 375 g/mol. The molecular weight excluding hydrogens is 348 g/mol. The number of furan rings is 1. The third-order valence-electron chi connectivity index (χ3n) is 4.83. The van der Waals surface area contributed by atoms with Crippen molar-refractivity contribution in [3.63, 3.8) is 0 Å². The molecule has 0 aliphatic carbocycles. The molecule has 3 heterocycles. The summed E-state index contributed by atoms with van der Waals surface area (Å²) in [6.07, 6.45) is 5.32. The monoisotopic (exact) mass is 374 g/mol. The molecule has 1 N–H and O–H groups in total. The van der Waals surface area contributed by atoms with Gasteiger partial charge in [-0.3, -0.25) is 9.59 Å². The number of nitrogens with one attached hydrogen (secondary N) is 1. The first-order valence-corrected chi connectivity index (χ1v) is 10.1. The molecule has 1 aliphatic heterocycles. The van der Waals surface area contributed by atoms with Gasteiger partial charge >= 0.3 is 0 Å². The molecule has 140 valence electrons. The van der Waals surface area contributed by atoms with E-state index in [2.05, 4.69) is 30.6 Å². The molecule has 2 amide bonds. The molecule has 3 rings (SSSR count). The topological polar surface area (TPSA) is 62.6 Å². The summed E-state index contributed by atoms with van der Waals surface area (Å²) in [7, 11) is 0. The lowest BCUT2D eigenvalue weighted by molar-refractivity contribution is -0.127. The van der Waals surface area contributed by atoms with E-state index in [9.17, 15) is 9.59 Å². The van der Waals surface area contributed by atoms with Crippen LogP contribution < -0.4 is 5.32 Å². The molecule has 1 fully saturated rings. The van der Waals surface area contributed by atoms with E-state index in [-0.39, 0.29) is 23.8 Å². The van der Waals surface area contributed by atoms with Crippen LogP contribution in [0.4, 0.5) is 0 Å². The van der Waals surface area contributed by atoms with Crippen molar-refractivity contribution < 1.29 is 14.0 Å². The first-order valence-electron chi connectivity index (χ1n) is 9.20. The molecule has 0 saturated carbocycles. The van der Waals surface area contributed by atoms with Gasteiger partial charge in [0.2, 0.25) is 5.91 Å². The Bertz CT molecular complexity index is 702. The summed E-state index contributed by atoms with van der Waals surface area (Å²) >= 11 is 1.69. The van der Waals surface area contributed by atoms with E-state index in [4.69, 9.17) is 4.42 Å². The van der Waals surface area contributed by atoms with E-state index in [1.165, 1.54) is 17.4 Å². The van der Waals surface area contributed by atoms with Gasteiger partial charge in [0, 0.05) is 23.9 Å². The predicted molar refractivity (Wildman–Crippen MR) is 102 cm³/mol. The Morgan fingerprint density at radius 2 is 2.08 bits per heavy atom. The molecule has 5 nitrogen and oxygen atoms in total. The Morgan fingerprint density at radius 1 is 1.31 bits per heavy atom. The summed E-state index contributed by atoms with van der Waals surface area (Å²) in [5.41, 5.74) is 0.572. The van der Waals surface area contributed by atoms with Gasteiger partial charge in [-0.15, -0.1) is 11.3 Å². The van der Waals surface area contributed by atoms with E-state index in [0.717, 1.165) is 6.42 Å². The average Bonchev–Trinajstić information content (AvgIpc) is 3.34. The fourth-order valence-corrected chi connectivity index (χ4v) is 4.20. The summed E-state index contributed by atoms with van der Waals surface area (Å²) in [6, 6.07) is 5.87. The van der Waals surface area contributed by atoms with Gasteiger partial charge in [-0.05, 0) is 42.7 Å². The molecule has 0 aromatic carbocycles. The summed E-state index contributed by atoms with van der Waals surface area (Å²) < 4.78 is 4.99. The van der Waals surface area contributed by atoms with E-state index >= 15 is 0 Å². The Hall–Kier alpha value is -2.08. The molecule has 2 aromatic heterocycles. The van der Waals surface area contributed by atoms with Gasteiger partial charge in [0.15, 0.2) is 0 Å². The second-order valence-electron chi connectivity index (χ2n) is 7.28. The number of likely N-dealkylation sites (tertiary alicyclic amines) is 1. The number of hydrogen-bond acceptors (Lipinski definition) is 4. The highest BCUT2D eigenvalue weighted by Crippen LogP contribution is 2.27. The molecule has 6 heteroatoms. The molecular formula is C20H26N2O3S.